The summed E-state index contributed by atoms with van der Waals surface area (Å²) in [6, 6.07) is 12.9. The molecule has 4 N–H and O–H groups in total. The van der Waals surface area contributed by atoms with Crippen LogP contribution in [0.4, 0.5) is 11.4 Å². The van der Waals surface area contributed by atoms with Crippen LogP contribution in [0.25, 0.3) is 0 Å². The molecular weight excluding hydrogens is 252 g/mol. The molecule has 0 spiro atoms. The number of aryl methyl sites for hydroxylation is 1. The quantitative estimate of drug-likeness (QED) is 0.744. The molecule has 2 aromatic carbocycles. The van der Waals surface area contributed by atoms with Crippen molar-refractivity contribution in [1.29, 1.82) is 0 Å². The van der Waals surface area contributed by atoms with Crippen LogP contribution in [-0.2, 0) is 0 Å². The van der Waals surface area contributed by atoms with Crippen LogP contribution in [-0.4, -0.2) is 11.1 Å². The minimum Gasteiger partial charge on any atom is -0.478 e. The van der Waals surface area contributed by atoms with Gasteiger partial charge in [-0.2, -0.15) is 0 Å². The summed E-state index contributed by atoms with van der Waals surface area (Å²) >= 11 is 0. The third-order valence-electron chi connectivity index (χ3n) is 3.33. The second-order valence-corrected chi connectivity index (χ2v) is 4.83. The highest BCUT2D eigenvalue weighted by Crippen LogP contribution is 2.26. The lowest BCUT2D eigenvalue weighted by atomic mass is 10.0. The number of carbonyl (C=O) groups is 1. The van der Waals surface area contributed by atoms with Gasteiger partial charge in [-0.05, 0) is 43.2 Å². The van der Waals surface area contributed by atoms with Crippen molar-refractivity contribution in [2.24, 2.45) is 0 Å². The van der Waals surface area contributed by atoms with E-state index in [1.54, 1.807) is 12.1 Å². The molecule has 0 amide bonds. The molecule has 0 heterocycles. The lowest BCUT2D eigenvalue weighted by molar-refractivity contribution is 0.0697. The average molecular weight is 270 g/mol. The SMILES string of the molecule is Cc1ccccc1C(C)Nc1ccc(C(=O)O)cc1N. The Kier molecular flexibility index (Phi) is 3.94. The first-order valence-corrected chi connectivity index (χ1v) is 6.44. The number of hydrogen-bond donors (Lipinski definition) is 3. The lowest BCUT2D eigenvalue weighted by Gasteiger charge is -2.19. The molecule has 0 radical (unpaired) electrons. The minimum atomic E-state index is -0.977. The Bertz CT molecular complexity index is 638. The van der Waals surface area contributed by atoms with E-state index in [0.717, 1.165) is 5.69 Å². The van der Waals surface area contributed by atoms with Gasteiger partial charge in [-0.1, -0.05) is 24.3 Å². The van der Waals surface area contributed by atoms with E-state index < -0.39 is 5.97 Å². The van der Waals surface area contributed by atoms with Gasteiger partial charge in [-0.25, -0.2) is 4.79 Å². The zero-order chi connectivity index (χ0) is 14.7. The second-order valence-electron chi connectivity index (χ2n) is 4.83. The van der Waals surface area contributed by atoms with Crippen molar-refractivity contribution in [2.75, 3.05) is 11.1 Å². The fourth-order valence-corrected chi connectivity index (χ4v) is 2.21. The van der Waals surface area contributed by atoms with E-state index in [4.69, 9.17) is 10.8 Å². The maximum atomic E-state index is 10.9. The number of carboxylic acids is 1. The first-order valence-electron chi connectivity index (χ1n) is 6.44. The van der Waals surface area contributed by atoms with Gasteiger partial charge in [0, 0.05) is 6.04 Å². The predicted molar refractivity (Wildman–Crippen MR) is 81.0 cm³/mol. The van der Waals surface area contributed by atoms with Gasteiger partial charge in [0.05, 0.1) is 16.9 Å². The number of nitrogen functional groups attached to an aromatic ring is 1. The van der Waals surface area contributed by atoms with Crippen LogP contribution in [0.5, 0.6) is 0 Å². The number of nitrogens with two attached hydrogens (primary N) is 1. The Hall–Kier alpha value is -2.49. The second kappa shape index (κ2) is 5.65. The lowest BCUT2D eigenvalue weighted by Crippen LogP contribution is -2.10. The topological polar surface area (TPSA) is 75.3 Å². The number of carboxylic acid groups (broad SMARTS) is 1. The van der Waals surface area contributed by atoms with Crippen LogP contribution >= 0.6 is 0 Å². The zero-order valence-electron chi connectivity index (χ0n) is 11.6. The van der Waals surface area contributed by atoms with Gasteiger partial charge in [-0.3, -0.25) is 0 Å². The maximum Gasteiger partial charge on any atom is 0.335 e. The van der Waals surface area contributed by atoms with Crippen molar-refractivity contribution in [3.8, 4) is 0 Å². The van der Waals surface area contributed by atoms with E-state index in [1.165, 1.54) is 17.2 Å². The minimum absolute atomic E-state index is 0.0918. The number of hydrogen-bond acceptors (Lipinski definition) is 3. The van der Waals surface area contributed by atoms with E-state index in [-0.39, 0.29) is 11.6 Å². The molecule has 4 heteroatoms. The molecule has 104 valence electrons. The van der Waals surface area contributed by atoms with Crippen LogP contribution in [0.1, 0.15) is 34.5 Å². The fourth-order valence-electron chi connectivity index (χ4n) is 2.21. The average Bonchev–Trinajstić information content (AvgIpc) is 2.41. The van der Waals surface area contributed by atoms with E-state index in [2.05, 4.69) is 24.4 Å². The summed E-state index contributed by atoms with van der Waals surface area (Å²) in [5.41, 5.74) is 9.66. The van der Waals surface area contributed by atoms with Gasteiger partial charge in [0.15, 0.2) is 0 Å². The van der Waals surface area contributed by atoms with Crippen molar-refractivity contribution >= 4 is 17.3 Å². The van der Waals surface area contributed by atoms with Crippen LogP contribution in [0.3, 0.4) is 0 Å². The molecule has 0 aliphatic heterocycles. The third kappa shape index (κ3) is 2.91. The highest BCUT2D eigenvalue weighted by molar-refractivity contribution is 5.90. The Morgan fingerprint density at radius 2 is 1.95 bits per heavy atom. The van der Waals surface area contributed by atoms with Gasteiger partial charge in [0.25, 0.3) is 0 Å². The molecule has 20 heavy (non-hydrogen) atoms. The molecule has 2 rings (SSSR count). The molecule has 0 aliphatic carbocycles. The van der Waals surface area contributed by atoms with E-state index in [0.29, 0.717) is 5.69 Å². The molecule has 0 saturated heterocycles. The number of anilines is 2. The molecule has 1 atom stereocenters. The summed E-state index contributed by atoms with van der Waals surface area (Å²) in [7, 11) is 0. The number of benzene rings is 2. The summed E-state index contributed by atoms with van der Waals surface area (Å²) in [6.07, 6.45) is 0. The maximum absolute atomic E-state index is 10.9. The van der Waals surface area contributed by atoms with Crippen LogP contribution in [0.2, 0.25) is 0 Å². The molecular formula is C16H18N2O2. The molecule has 0 saturated carbocycles. The largest absolute Gasteiger partial charge is 0.478 e. The summed E-state index contributed by atoms with van der Waals surface area (Å²) in [5.74, 6) is -0.977. The van der Waals surface area contributed by atoms with Crippen LogP contribution in [0, 0.1) is 6.92 Å². The number of aromatic carboxylic acids is 1. The zero-order valence-corrected chi connectivity index (χ0v) is 11.6. The summed E-state index contributed by atoms with van der Waals surface area (Å²) in [6.45, 7) is 4.11. The smallest absolute Gasteiger partial charge is 0.335 e. The highest BCUT2D eigenvalue weighted by Gasteiger charge is 2.11. The standard InChI is InChI=1S/C16H18N2O2/c1-10-5-3-4-6-13(10)11(2)18-15-8-7-12(16(19)20)9-14(15)17/h3-9,11,18H,17H2,1-2H3,(H,19,20). The molecule has 0 aromatic heterocycles. The van der Waals surface area contributed by atoms with Crippen molar-refractivity contribution in [1.82, 2.24) is 0 Å². The Balaban J connectivity index is 2.22. The van der Waals surface area contributed by atoms with E-state index in [1.807, 2.05) is 19.1 Å². The van der Waals surface area contributed by atoms with Gasteiger partial charge in [0.1, 0.15) is 0 Å². The van der Waals surface area contributed by atoms with Crippen LogP contribution < -0.4 is 11.1 Å². The van der Waals surface area contributed by atoms with Crippen molar-refractivity contribution < 1.29 is 9.90 Å². The normalized spacial score (nSPS) is 11.9. The molecule has 0 aliphatic rings. The van der Waals surface area contributed by atoms with E-state index in [9.17, 15) is 4.79 Å². The summed E-state index contributed by atoms with van der Waals surface area (Å²) in [4.78, 5) is 10.9. The molecule has 0 bridgehead atoms. The fraction of sp³-hybridized carbons (Fsp3) is 0.188. The van der Waals surface area contributed by atoms with Crippen molar-refractivity contribution in [2.45, 2.75) is 19.9 Å². The van der Waals surface area contributed by atoms with Gasteiger partial charge in [-0.15, -0.1) is 0 Å². The van der Waals surface area contributed by atoms with Crippen LogP contribution in [0.15, 0.2) is 42.5 Å². The first-order chi connectivity index (χ1) is 9.49. The number of rotatable bonds is 4. The Morgan fingerprint density at radius 1 is 1.25 bits per heavy atom. The van der Waals surface area contributed by atoms with Gasteiger partial charge < -0.3 is 16.2 Å². The molecule has 2 aromatic rings. The van der Waals surface area contributed by atoms with Crippen molar-refractivity contribution in [3.63, 3.8) is 0 Å². The van der Waals surface area contributed by atoms with Gasteiger partial charge >= 0.3 is 5.97 Å². The molecule has 4 nitrogen and oxygen atoms in total. The third-order valence-corrected chi connectivity index (χ3v) is 3.33. The summed E-state index contributed by atoms with van der Waals surface area (Å²) in [5, 5.41) is 12.2. The number of nitrogens with one attached hydrogen (secondary N) is 1. The Morgan fingerprint density at radius 3 is 2.55 bits per heavy atom. The highest BCUT2D eigenvalue weighted by atomic mass is 16.4. The monoisotopic (exact) mass is 270 g/mol. The first kappa shape index (κ1) is 13.9. The Labute approximate surface area is 118 Å². The van der Waals surface area contributed by atoms with E-state index >= 15 is 0 Å². The summed E-state index contributed by atoms with van der Waals surface area (Å²) < 4.78 is 0. The molecule has 1 unspecified atom stereocenters. The van der Waals surface area contributed by atoms with Crippen molar-refractivity contribution in [3.05, 3.63) is 59.2 Å². The predicted octanol–water partition coefficient (Wildman–Crippen LogP) is 3.45. The molecule has 0 fully saturated rings. The van der Waals surface area contributed by atoms with Gasteiger partial charge in [0.2, 0.25) is 0 Å².